The van der Waals surface area contributed by atoms with E-state index in [-0.39, 0.29) is 11.9 Å². The molecule has 0 aromatic rings. The summed E-state index contributed by atoms with van der Waals surface area (Å²) < 4.78 is 5.12. The van der Waals surface area contributed by atoms with Crippen molar-refractivity contribution in [2.75, 3.05) is 6.61 Å². The van der Waals surface area contributed by atoms with Gasteiger partial charge in [0.25, 0.3) is 0 Å². The Morgan fingerprint density at radius 3 is 2.85 bits per heavy atom. The summed E-state index contributed by atoms with van der Waals surface area (Å²) in [4.78, 5) is 11.1. The van der Waals surface area contributed by atoms with Crippen molar-refractivity contribution < 1.29 is 9.53 Å². The highest BCUT2D eigenvalue weighted by Crippen LogP contribution is 2.12. The second-order valence-electron chi connectivity index (χ2n) is 3.59. The maximum atomic E-state index is 11.1. The number of esters is 1. The molecule has 1 rings (SSSR count). The summed E-state index contributed by atoms with van der Waals surface area (Å²) in [6.45, 7) is 4.20. The minimum Gasteiger partial charge on any atom is -0.465 e. The normalized spacial score (nSPS) is 20.7. The average molecular weight is 180 g/mol. The Morgan fingerprint density at radius 2 is 2.31 bits per heavy atom. The first-order chi connectivity index (χ1) is 6.20. The number of ether oxygens (including phenoxy) is 1. The van der Waals surface area contributed by atoms with Crippen LogP contribution in [0.3, 0.4) is 0 Å². The standard InChI is InChI=1S/C11H16O2/c1-9(2)11(12)13-8-10-6-4-3-5-7-10/h3-6,9-10H,7-8H2,1-2H3. The summed E-state index contributed by atoms with van der Waals surface area (Å²) in [6, 6.07) is 0. The Balaban J connectivity index is 2.23. The smallest absolute Gasteiger partial charge is 0.308 e. The summed E-state index contributed by atoms with van der Waals surface area (Å²) >= 11 is 0. The van der Waals surface area contributed by atoms with Gasteiger partial charge in [-0.05, 0) is 6.42 Å². The Hall–Kier alpha value is -1.05. The van der Waals surface area contributed by atoms with Gasteiger partial charge in [0.15, 0.2) is 0 Å². The van der Waals surface area contributed by atoms with Crippen molar-refractivity contribution in [3.05, 3.63) is 24.3 Å². The second-order valence-corrected chi connectivity index (χ2v) is 3.59. The number of allylic oxidation sites excluding steroid dienone is 3. The molecule has 0 aromatic heterocycles. The van der Waals surface area contributed by atoms with Crippen LogP contribution in [-0.2, 0) is 9.53 Å². The zero-order valence-corrected chi connectivity index (χ0v) is 8.19. The van der Waals surface area contributed by atoms with E-state index in [4.69, 9.17) is 4.74 Å². The van der Waals surface area contributed by atoms with Crippen molar-refractivity contribution in [2.45, 2.75) is 20.3 Å². The molecular formula is C11H16O2. The Morgan fingerprint density at radius 1 is 1.54 bits per heavy atom. The maximum Gasteiger partial charge on any atom is 0.308 e. The molecule has 72 valence electrons. The zero-order chi connectivity index (χ0) is 9.68. The number of carbonyl (C=O) groups is 1. The van der Waals surface area contributed by atoms with E-state index in [1.54, 1.807) is 0 Å². The van der Waals surface area contributed by atoms with Crippen LogP contribution in [0.5, 0.6) is 0 Å². The highest BCUT2D eigenvalue weighted by Gasteiger charge is 2.11. The lowest BCUT2D eigenvalue weighted by Crippen LogP contribution is -2.17. The van der Waals surface area contributed by atoms with Crippen molar-refractivity contribution >= 4 is 5.97 Å². The number of rotatable bonds is 3. The number of hydrogen-bond donors (Lipinski definition) is 0. The van der Waals surface area contributed by atoms with Gasteiger partial charge in [-0.2, -0.15) is 0 Å². The van der Waals surface area contributed by atoms with E-state index >= 15 is 0 Å². The second kappa shape index (κ2) is 4.85. The third-order valence-electron chi connectivity index (χ3n) is 1.98. The average Bonchev–Trinajstić information content (AvgIpc) is 2.15. The SMILES string of the molecule is CC(C)C(=O)OCC1C=CC=CC1. The zero-order valence-electron chi connectivity index (χ0n) is 8.19. The minimum atomic E-state index is -0.108. The predicted molar refractivity (Wildman–Crippen MR) is 52.2 cm³/mol. The number of carbonyl (C=O) groups excluding carboxylic acids is 1. The Kier molecular flexibility index (Phi) is 3.74. The van der Waals surface area contributed by atoms with Gasteiger partial charge >= 0.3 is 5.97 Å². The molecule has 0 fully saturated rings. The predicted octanol–water partition coefficient (Wildman–Crippen LogP) is 2.32. The lowest BCUT2D eigenvalue weighted by atomic mass is 10.0. The highest BCUT2D eigenvalue weighted by molar-refractivity contribution is 5.71. The van der Waals surface area contributed by atoms with Gasteiger partial charge in [0.05, 0.1) is 12.5 Å². The van der Waals surface area contributed by atoms with Gasteiger partial charge in [-0.15, -0.1) is 0 Å². The van der Waals surface area contributed by atoms with E-state index in [0.29, 0.717) is 12.5 Å². The van der Waals surface area contributed by atoms with E-state index < -0.39 is 0 Å². The summed E-state index contributed by atoms with van der Waals surface area (Å²) in [7, 11) is 0. The van der Waals surface area contributed by atoms with Crippen molar-refractivity contribution in [3.8, 4) is 0 Å². The van der Waals surface area contributed by atoms with Crippen LogP contribution in [0, 0.1) is 11.8 Å². The molecule has 2 nitrogen and oxygen atoms in total. The van der Waals surface area contributed by atoms with Gasteiger partial charge in [0.2, 0.25) is 0 Å². The first-order valence-corrected chi connectivity index (χ1v) is 4.70. The number of hydrogen-bond acceptors (Lipinski definition) is 2. The van der Waals surface area contributed by atoms with Crippen LogP contribution in [0.4, 0.5) is 0 Å². The molecule has 0 amide bonds. The molecular weight excluding hydrogens is 164 g/mol. The molecule has 1 aliphatic carbocycles. The van der Waals surface area contributed by atoms with E-state index in [9.17, 15) is 4.79 Å². The van der Waals surface area contributed by atoms with Gasteiger partial charge < -0.3 is 4.74 Å². The van der Waals surface area contributed by atoms with Gasteiger partial charge in [0, 0.05) is 5.92 Å². The minimum absolute atomic E-state index is 0.0249. The molecule has 1 atom stereocenters. The molecule has 0 aromatic carbocycles. The van der Waals surface area contributed by atoms with Crippen molar-refractivity contribution in [1.29, 1.82) is 0 Å². The monoisotopic (exact) mass is 180 g/mol. The van der Waals surface area contributed by atoms with Crippen LogP contribution in [-0.4, -0.2) is 12.6 Å². The molecule has 1 unspecified atom stereocenters. The molecule has 0 bridgehead atoms. The maximum absolute atomic E-state index is 11.1. The first-order valence-electron chi connectivity index (χ1n) is 4.70. The van der Waals surface area contributed by atoms with Crippen LogP contribution in [0.15, 0.2) is 24.3 Å². The van der Waals surface area contributed by atoms with Gasteiger partial charge in [-0.3, -0.25) is 4.79 Å². The van der Waals surface area contributed by atoms with Crippen LogP contribution in [0.2, 0.25) is 0 Å². The quantitative estimate of drug-likeness (QED) is 0.623. The molecule has 0 heterocycles. The van der Waals surface area contributed by atoms with E-state index in [2.05, 4.69) is 12.2 Å². The molecule has 0 aliphatic heterocycles. The van der Waals surface area contributed by atoms with Crippen molar-refractivity contribution in [3.63, 3.8) is 0 Å². The summed E-state index contributed by atoms with van der Waals surface area (Å²) in [6.07, 6.45) is 9.15. The third kappa shape index (κ3) is 3.45. The lowest BCUT2D eigenvalue weighted by Gasteiger charge is -2.14. The fourth-order valence-electron chi connectivity index (χ4n) is 1.11. The summed E-state index contributed by atoms with van der Waals surface area (Å²) in [5.41, 5.74) is 0. The van der Waals surface area contributed by atoms with Crippen molar-refractivity contribution in [1.82, 2.24) is 0 Å². The topological polar surface area (TPSA) is 26.3 Å². The molecule has 0 N–H and O–H groups in total. The van der Waals surface area contributed by atoms with Gasteiger partial charge in [-0.1, -0.05) is 38.2 Å². The van der Waals surface area contributed by atoms with Crippen LogP contribution in [0.1, 0.15) is 20.3 Å². The fourth-order valence-corrected chi connectivity index (χ4v) is 1.11. The first kappa shape index (κ1) is 10.0. The fraction of sp³-hybridized carbons (Fsp3) is 0.545. The molecule has 0 saturated heterocycles. The molecule has 0 saturated carbocycles. The molecule has 2 heteroatoms. The molecule has 1 aliphatic rings. The van der Waals surface area contributed by atoms with E-state index in [1.807, 2.05) is 26.0 Å². The van der Waals surface area contributed by atoms with Crippen molar-refractivity contribution in [2.24, 2.45) is 11.8 Å². The van der Waals surface area contributed by atoms with Crippen LogP contribution in [0.25, 0.3) is 0 Å². The molecule has 13 heavy (non-hydrogen) atoms. The van der Waals surface area contributed by atoms with Gasteiger partial charge in [-0.25, -0.2) is 0 Å². The Bertz CT molecular complexity index is 226. The van der Waals surface area contributed by atoms with E-state index in [0.717, 1.165) is 6.42 Å². The summed E-state index contributed by atoms with van der Waals surface area (Å²) in [5.74, 6) is 0.235. The highest BCUT2D eigenvalue weighted by atomic mass is 16.5. The summed E-state index contributed by atoms with van der Waals surface area (Å²) in [5, 5.41) is 0. The van der Waals surface area contributed by atoms with Crippen LogP contribution < -0.4 is 0 Å². The van der Waals surface area contributed by atoms with E-state index in [1.165, 1.54) is 0 Å². The molecule has 0 spiro atoms. The lowest BCUT2D eigenvalue weighted by molar-refractivity contribution is -0.148. The van der Waals surface area contributed by atoms with Crippen LogP contribution >= 0.6 is 0 Å². The van der Waals surface area contributed by atoms with Gasteiger partial charge in [0.1, 0.15) is 0 Å². The Labute approximate surface area is 79.3 Å². The third-order valence-corrected chi connectivity index (χ3v) is 1.98. The largest absolute Gasteiger partial charge is 0.465 e. The molecule has 0 radical (unpaired) electrons.